The molecule has 0 unspecified atom stereocenters. The average Bonchev–Trinajstić information content (AvgIpc) is 2.27. The molecule has 68 valence electrons. The van der Waals surface area contributed by atoms with Crippen LogP contribution >= 0.6 is 0 Å². The molecule has 0 saturated carbocycles. The first-order chi connectivity index (χ1) is 6.09. The van der Waals surface area contributed by atoms with Crippen LogP contribution in [-0.2, 0) is 0 Å². The number of nitrogens with zero attached hydrogens (tertiary/aromatic N) is 3. The van der Waals surface area contributed by atoms with Crippen molar-refractivity contribution in [2.45, 2.75) is 13.8 Å². The molecular weight excluding hydrogens is 170 g/mol. The minimum absolute atomic E-state index is 0.0954. The van der Waals surface area contributed by atoms with Gasteiger partial charge in [0.25, 0.3) is 5.56 Å². The van der Waals surface area contributed by atoms with Crippen molar-refractivity contribution >= 4 is 11.5 Å². The Labute approximate surface area is 73.4 Å². The second-order valence-electron chi connectivity index (χ2n) is 2.84. The fourth-order valence-corrected chi connectivity index (χ4v) is 1.35. The number of H-pyrrole nitrogens is 1. The predicted molar refractivity (Wildman–Crippen MR) is 47.5 cm³/mol. The Kier molecular flexibility index (Phi) is 1.39. The number of hydrogen-bond donors (Lipinski definition) is 2. The number of rotatable bonds is 0. The van der Waals surface area contributed by atoms with Crippen LogP contribution in [0.2, 0.25) is 0 Å². The normalized spacial score (nSPS) is 10.9. The Balaban J connectivity index is 3.06. The number of nitrogens with one attached hydrogen (secondary N) is 1. The molecule has 0 radical (unpaired) electrons. The molecule has 0 amide bonds. The second kappa shape index (κ2) is 2.32. The lowest BCUT2D eigenvalue weighted by Gasteiger charge is -1.95. The van der Waals surface area contributed by atoms with Gasteiger partial charge in [-0.1, -0.05) is 0 Å². The Morgan fingerprint density at radius 1 is 1.46 bits per heavy atom. The van der Waals surface area contributed by atoms with Crippen molar-refractivity contribution in [3.8, 4) is 0 Å². The van der Waals surface area contributed by atoms with Gasteiger partial charge in [0.2, 0.25) is 5.95 Å². The van der Waals surface area contributed by atoms with E-state index in [1.54, 1.807) is 13.8 Å². The summed E-state index contributed by atoms with van der Waals surface area (Å²) in [6.45, 7) is 3.53. The van der Waals surface area contributed by atoms with Crippen LogP contribution in [-0.4, -0.2) is 19.6 Å². The third-order valence-corrected chi connectivity index (χ3v) is 1.85. The zero-order chi connectivity index (χ0) is 9.59. The molecule has 2 aromatic heterocycles. The summed E-state index contributed by atoms with van der Waals surface area (Å²) in [5, 5.41) is 3.93. The molecule has 0 spiro atoms. The van der Waals surface area contributed by atoms with Crippen LogP contribution < -0.4 is 11.3 Å². The zero-order valence-electron chi connectivity index (χ0n) is 7.33. The van der Waals surface area contributed by atoms with Gasteiger partial charge in [-0.05, 0) is 13.8 Å². The van der Waals surface area contributed by atoms with Crippen molar-refractivity contribution in [3.63, 3.8) is 0 Å². The average molecular weight is 179 g/mol. The first-order valence-electron chi connectivity index (χ1n) is 3.81. The highest BCUT2D eigenvalue weighted by Gasteiger charge is 2.09. The van der Waals surface area contributed by atoms with E-state index in [9.17, 15) is 4.79 Å². The number of imidazole rings is 1. The number of aromatic nitrogens is 4. The molecule has 2 heterocycles. The predicted octanol–water partition coefficient (Wildman–Crippen LogP) is -0.383. The van der Waals surface area contributed by atoms with E-state index in [1.807, 2.05) is 0 Å². The summed E-state index contributed by atoms with van der Waals surface area (Å²) in [6, 6.07) is 0. The lowest BCUT2D eigenvalue weighted by atomic mass is 10.4. The Bertz CT molecular complexity index is 523. The standard InChI is InChI=1S/C7H9N5O/c1-3-5-6(13)10-7(8)11-12(5)4(2)9-3/h1-2H3,(H3,8,10,11,13). The minimum Gasteiger partial charge on any atom is -0.368 e. The van der Waals surface area contributed by atoms with Gasteiger partial charge >= 0.3 is 0 Å². The fourth-order valence-electron chi connectivity index (χ4n) is 1.35. The molecular formula is C7H9N5O. The molecule has 0 atom stereocenters. The van der Waals surface area contributed by atoms with Crippen LogP contribution in [0, 0.1) is 13.8 Å². The van der Waals surface area contributed by atoms with Crippen LogP contribution in [0.15, 0.2) is 4.79 Å². The van der Waals surface area contributed by atoms with Crippen molar-refractivity contribution in [1.29, 1.82) is 0 Å². The number of aryl methyl sites for hydroxylation is 2. The molecule has 2 aromatic rings. The summed E-state index contributed by atoms with van der Waals surface area (Å²) in [6.07, 6.45) is 0. The van der Waals surface area contributed by atoms with Crippen LogP contribution in [0.3, 0.4) is 0 Å². The van der Waals surface area contributed by atoms with Gasteiger partial charge in [-0.25, -0.2) is 9.50 Å². The summed E-state index contributed by atoms with van der Waals surface area (Å²) >= 11 is 0. The van der Waals surface area contributed by atoms with E-state index in [0.29, 0.717) is 17.0 Å². The molecule has 0 aliphatic rings. The van der Waals surface area contributed by atoms with E-state index in [1.165, 1.54) is 4.52 Å². The number of anilines is 1. The molecule has 0 aliphatic heterocycles. The van der Waals surface area contributed by atoms with Crippen LogP contribution in [0.1, 0.15) is 11.5 Å². The maximum Gasteiger partial charge on any atom is 0.278 e. The quantitative estimate of drug-likeness (QED) is 0.576. The summed E-state index contributed by atoms with van der Waals surface area (Å²) in [4.78, 5) is 17.9. The van der Waals surface area contributed by atoms with Gasteiger partial charge in [-0.3, -0.25) is 9.78 Å². The summed E-state index contributed by atoms with van der Waals surface area (Å²) in [7, 11) is 0. The van der Waals surface area contributed by atoms with E-state index in [-0.39, 0.29) is 11.5 Å². The number of aromatic amines is 1. The number of fused-ring (bicyclic) bond motifs is 1. The van der Waals surface area contributed by atoms with Crippen LogP contribution in [0.5, 0.6) is 0 Å². The smallest absolute Gasteiger partial charge is 0.278 e. The van der Waals surface area contributed by atoms with Gasteiger partial charge in [0.15, 0.2) is 5.52 Å². The van der Waals surface area contributed by atoms with Gasteiger partial charge < -0.3 is 5.73 Å². The maximum atomic E-state index is 11.4. The zero-order valence-corrected chi connectivity index (χ0v) is 7.33. The molecule has 6 heteroatoms. The largest absolute Gasteiger partial charge is 0.368 e. The maximum absolute atomic E-state index is 11.4. The highest BCUT2D eigenvalue weighted by Crippen LogP contribution is 2.05. The third-order valence-electron chi connectivity index (χ3n) is 1.85. The van der Waals surface area contributed by atoms with Gasteiger partial charge in [-0.15, -0.1) is 5.10 Å². The van der Waals surface area contributed by atoms with Crippen molar-refractivity contribution in [1.82, 2.24) is 19.6 Å². The van der Waals surface area contributed by atoms with Crippen molar-refractivity contribution in [2.75, 3.05) is 5.73 Å². The molecule has 3 N–H and O–H groups in total. The first kappa shape index (κ1) is 7.78. The minimum atomic E-state index is -0.259. The van der Waals surface area contributed by atoms with Crippen LogP contribution in [0.4, 0.5) is 5.95 Å². The molecule has 0 fully saturated rings. The first-order valence-corrected chi connectivity index (χ1v) is 3.81. The lowest BCUT2D eigenvalue weighted by molar-refractivity contribution is 0.854. The lowest BCUT2D eigenvalue weighted by Crippen LogP contribution is -2.16. The highest BCUT2D eigenvalue weighted by atomic mass is 16.1. The highest BCUT2D eigenvalue weighted by molar-refractivity contribution is 5.50. The van der Waals surface area contributed by atoms with E-state index in [0.717, 1.165) is 0 Å². The molecule has 13 heavy (non-hydrogen) atoms. The van der Waals surface area contributed by atoms with Crippen molar-refractivity contribution < 1.29 is 0 Å². The Morgan fingerprint density at radius 3 is 2.85 bits per heavy atom. The van der Waals surface area contributed by atoms with Crippen LogP contribution in [0.25, 0.3) is 5.52 Å². The monoisotopic (exact) mass is 179 g/mol. The summed E-state index contributed by atoms with van der Waals surface area (Å²) in [5.41, 5.74) is 6.24. The molecule has 0 aliphatic carbocycles. The third kappa shape index (κ3) is 0.986. The topological polar surface area (TPSA) is 89.1 Å². The molecule has 2 rings (SSSR count). The van der Waals surface area contributed by atoms with E-state index >= 15 is 0 Å². The Morgan fingerprint density at radius 2 is 2.15 bits per heavy atom. The van der Waals surface area contributed by atoms with Gasteiger partial charge in [0.1, 0.15) is 5.82 Å². The molecule has 0 bridgehead atoms. The second-order valence-corrected chi connectivity index (χ2v) is 2.84. The van der Waals surface area contributed by atoms with Gasteiger partial charge in [-0.2, -0.15) is 0 Å². The number of hydrogen-bond acceptors (Lipinski definition) is 4. The number of nitrogens with two attached hydrogens (primary N) is 1. The van der Waals surface area contributed by atoms with E-state index < -0.39 is 0 Å². The molecule has 6 nitrogen and oxygen atoms in total. The van der Waals surface area contributed by atoms with Gasteiger partial charge in [0.05, 0.1) is 5.69 Å². The number of nitrogen functional groups attached to an aromatic ring is 1. The summed E-state index contributed by atoms with van der Waals surface area (Å²) < 4.78 is 1.45. The van der Waals surface area contributed by atoms with Gasteiger partial charge in [0, 0.05) is 0 Å². The van der Waals surface area contributed by atoms with E-state index in [2.05, 4.69) is 15.1 Å². The molecule has 0 aromatic carbocycles. The van der Waals surface area contributed by atoms with Crippen molar-refractivity contribution in [2.24, 2.45) is 0 Å². The fraction of sp³-hybridized carbons (Fsp3) is 0.286. The molecule has 0 saturated heterocycles. The van der Waals surface area contributed by atoms with Crippen molar-refractivity contribution in [3.05, 3.63) is 21.9 Å². The van der Waals surface area contributed by atoms with E-state index in [4.69, 9.17) is 5.73 Å². The summed E-state index contributed by atoms with van der Waals surface area (Å²) in [5.74, 6) is 0.753. The Hall–Kier alpha value is -1.85. The SMILES string of the molecule is Cc1nc(C)n2nc(N)[nH]c(=O)c12.